The molecule has 4 rings (SSSR count). The van der Waals surface area contributed by atoms with Gasteiger partial charge in [0.25, 0.3) is 0 Å². The fourth-order valence-corrected chi connectivity index (χ4v) is 4.50. The number of carboxylic acids is 1. The highest BCUT2D eigenvalue weighted by atomic mass is 16.5. The van der Waals surface area contributed by atoms with E-state index in [4.69, 9.17) is 27.7 Å². The van der Waals surface area contributed by atoms with Crippen molar-refractivity contribution >= 4 is 29.5 Å². The van der Waals surface area contributed by atoms with Gasteiger partial charge in [-0.3, -0.25) is 0 Å². The molecule has 0 aliphatic carbocycles. The summed E-state index contributed by atoms with van der Waals surface area (Å²) >= 11 is 0. The van der Waals surface area contributed by atoms with Gasteiger partial charge >= 0.3 is 5.97 Å². The van der Waals surface area contributed by atoms with E-state index in [0.29, 0.717) is 56.7 Å². The van der Waals surface area contributed by atoms with E-state index >= 15 is 0 Å². The van der Waals surface area contributed by atoms with E-state index in [2.05, 4.69) is 20.3 Å². The summed E-state index contributed by atoms with van der Waals surface area (Å²) in [5, 5.41) is 12.7. The molecule has 2 saturated heterocycles. The van der Waals surface area contributed by atoms with Crippen LogP contribution in [0.4, 0.5) is 23.5 Å². The molecule has 2 aliphatic heterocycles. The van der Waals surface area contributed by atoms with E-state index in [0.717, 1.165) is 0 Å². The Hall–Kier alpha value is -3.26. The summed E-state index contributed by atoms with van der Waals surface area (Å²) in [5.41, 5.74) is 25.0. The number of nitrogens with zero attached hydrogens (tertiary/aromatic N) is 5. The fourth-order valence-electron chi connectivity index (χ4n) is 4.50. The first-order valence-electron chi connectivity index (χ1n) is 11.2. The summed E-state index contributed by atoms with van der Waals surface area (Å²) in [6.07, 6.45) is 1.41. The van der Waals surface area contributed by atoms with Crippen molar-refractivity contribution in [2.24, 2.45) is 22.9 Å². The highest BCUT2D eigenvalue weighted by molar-refractivity contribution is 5.96. The number of para-hydroxylation sites is 1. The molecule has 0 spiro atoms. The smallest absolute Gasteiger partial charge is 0.337 e. The molecule has 10 N–H and O–H groups in total. The Kier molecular flexibility index (Phi) is 6.97. The fraction of sp³-hybridized carbons (Fsp3) is 0.524. The van der Waals surface area contributed by atoms with Crippen LogP contribution in [0.2, 0.25) is 0 Å². The molecule has 13 nitrogen and oxygen atoms in total. The van der Waals surface area contributed by atoms with E-state index in [1.807, 2.05) is 9.80 Å². The molecule has 0 bridgehead atoms. The van der Waals surface area contributed by atoms with Crippen molar-refractivity contribution in [1.82, 2.24) is 15.0 Å². The Morgan fingerprint density at radius 3 is 1.88 bits per heavy atom. The monoisotopic (exact) mass is 472 g/mol. The lowest BCUT2D eigenvalue weighted by molar-refractivity contribution is 0.0697. The third-order valence-corrected chi connectivity index (χ3v) is 5.92. The van der Waals surface area contributed by atoms with Crippen LogP contribution in [0.3, 0.4) is 0 Å². The Morgan fingerprint density at radius 1 is 0.941 bits per heavy atom. The molecular formula is C21H32N10O3. The SMILES string of the molecule is COc1cccc(C(=O)O)c1Nc1nc(N2C[C@H](N)C[C@H](N)C2)nc(N2C[C@H](N)C[C@H](N)C2)n1. The predicted molar refractivity (Wildman–Crippen MR) is 129 cm³/mol. The van der Waals surface area contributed by atoms with Crippen molar-refractivity contribution in [2.75, 3.05) is 48.4 Å². The van der Waals surface area contributed by atoms with E-state index in [1.54, 1.807) is 12.1 Å². The van der Waals surface area contributed by atoms with Crippen LogP contribution in [0.25, 0.3) is 0 Å². The first-order chi connectivity index (χ1) is 16.2. The number of aromatic nitrogens is 3. The number of methoxy groups -OCH3 is 1. The quantitative estimate of drug-likeness (QED) is 0.300. The maximum atomic E-state index is 11.8. The van der Waals surface area contributed by atoms with Gasteiger partial charge in [-0.15, -0.1) is 0 Å². The molecule has 0 saturated carbocycles. The van der Waals surface area contributed by atoms with Gasteiger partial charge in [0.2, 0.25) is 17.8 Å². The average Bonchev–Trinajstić information content (AvgIpc) is 2.77. The second-order valence-corrected chi connectivity index (χ2v) is 8.89. The van der Waals surface area contributed by atoms with Gasteiger partial charge in [-0.1, -0.05) is 6.07 Å². The summed E-state index contributed by atoms with van der Waals surface area (Å²) in [6.45, 7) is 2.13. The van der Waals surface area contributed by atoms with Crippen molar-refractivity contribution in [2.45, 2.75) is 37.0 Å². The summed E-state index contributed by atoms with van der Waals surface area (Å²) in [7, 11) is 1.46. The topological polar surface area (TPSA) is 208 Å². The Balaban J connectivity index is 1.76. The molecule has 34 heavy (non-hydrogen) atoms. The van der Waals surface area contributed by atoms with Gasteiger partial charge in [0.1, 0.15) is 5.75 Å². The van der Waals surface area contributed by atoms with Gasteiger partial charge in [0.05, 0.1) is 18.4 Å². The predicted octanol–water partition coefficient (Wildman–Crippen LogP) is -0.949. The number of carboxylic acid groups (broad SMARTS) is 1. The van der Waals surface area contributed by atoms with E-state index in [9.17, 15) is 9.90 Å². The minimum atomic E-state index is -1.11. The van der Waals surface area contributed by atoms with Crippen LogP contribution in [0, 0.1) is 0 Å². The molecule has 2 aliphatic rings. The Labute approximate surface area is 197 Å². The lowest BCUT2D eigenvalue weighted by Gasteiger charge is -2.37. The van der Waals surface area contributed by atoms with Crippen LogP contribution in [-0.4, -0.2) is 83.5 Å². The van der Waals surface area contributed by atoms with Crippen LogP contribution in [-0.2, 0) is 0 Å². The molecule has 0 radical (unpaired) electrons. The van der Waals surface area contributed by atoms with Gasteiger partial charge in [-0.2, -0.15) is 15.0 Å². The number of piperidine rings is 2. The number of anilines is 4. The minimum Gasteiger partial charge on any atom is -0.495 e. The van der Waals surface area contributed by atoms with Crippen molar-refractivity contribution in [3.8, 4) is 5.75 Å². The second-order valence-electron chi connectivity index (χ2n) is 8.89. The standard InChI is InChI=1S/C21H32N10O3/c1-34-16-4-2-3-15(18(32)33)17(16)26-19-27-20(30-7-11(22)5-12(23)8-30)29-21(28-19)31-9-13(24)6-14(25)10-31/h2-4,11-14H,5-10,22-25H2,1H3,(H,32,33)(H,26,27,28,29)/t11-,12+,13-,14+. The number of nitrogens with two attached hydrogens (primary N) is 4. The summed E-state index contributed by atoms with van der Waals surface area (Å²) in [6, 6.07) is 4.25. The number of benzene rings is 1. The first-order valence-corrected chi connectivity index (χ1v) is 11.2. The number of rotatable bonds is 6. The van der Waals surface area contributed by atoms with Gasteiger partial charge in [0.15, 0.2) is 0 Å². The van der Waals surface area contributed by atoms with Crippen molar-refractivity contribution in [3.63, 3.8) is 0 Å². The summed E-state index contributed by atoms with van der Waals surface area (Å²) < 4.78 is 5.37. The van der Waals surface area contributed by atoms with Crippen LogP contribution in [0.15, 0.2) is 18.2 Å². The van der Waals surface area contributed by atoms with E-state index in [1.165, 1.54) is 13.2 Å². The number of hydrogen-bond acceptors (Lipinski definition) is 12. The number of carbonyl (C=O) groups is 1. The van der Waals surface area contributed by atoms with Gasteiger partial charge < -0.3 is 47.9 Å². The maximum Gasteiger partial charge on any atom is 0.337 e. The summed E-state index contributed by atoms with van der Waals surface area (Å²) in [5.74, 6) is 0.159. The lowest BCUT2D eigenvalue weighted by atomic mass is 10.0. The van der Waals surface area contributed by atoms with Crippen molar-refractivity contribution in [1.29, 1.82) is 0 Å². The Bertz CT molecular complexity index is 974. The third-order valence-electron chi connectivity index (χ3n) is 5.92. The highest BCUT2D eigenvalue weighted by Gasteiger charge is 2.29. The number of nitrogens with one attached hydrogen (secondary N) is 1. The molecule has 13 heteroatoms. The highest BCUT2D eigenvalue weighted by Crippen LogP contribution is 2.32. The van der Waals surface area contributed by atoms with Crippen molar-refractivity contribution < 1.29 is 14.6 Å². The zero-order valence-electron chi connectivity index (χ0n) is 19.1. The second kappa shape index (κ2) is 9.93. The molecule has 0 unspecified atom stereocenters. The van der Waals surface area contributed by atoms with Gasteiger partial charge in [-0.25, -0.2) is 4.79 Å². The molecule has 184 valence electrons. The molecule has 2 fully saturated rings. The average molecular weight is 473 g/mol. The number of ether oxygens (including phenoxy) is 1. The van der Waals surface area contributed by atoms with Gasteiger partial charge in [0, 0.05) is 50.3 Å². The largest absolute Gasteiger partial charge is 0.495 e. The number of aromatic carboxylic acids is 1. The molecule has 2 aromatic rings. The third kappa shape index (κ3) is 5.28. The van der Waals surface area contributed by atoms with Gasteiger partial charge in [-0.05, 0) is 25.0 Å². The van der Waals surface area contributed by atoms with Crippen LogP contribution < -0.4 is 42.8 Å². The lowest BCUT2D eigenvalue weighted by Crippen LogP contribution is -2.54. The summed E-state index contributed by atoms with van der Waals surface area (Å²) in [4.78, 5) is 29.5. The van der Waals surface area contributed by atoms with E-state index in [-0.39, 0.29) is 41.4 Å². The molecule has 1 aromatic carbocycles. The van der Waals surface area contributed by atoms with Crippen LogP contribution in [0.1, 0.15) is 23.2 Å². The van der Waals surface area contributed by atoms with Crippen LogP contribution in [0.5, 0.6) is 5.75 Å². The van der Waals surface area contributed by atoms with Crippen molar-refractivity contribution in [3.05, 3.63) is 23.8 Å². The number of hydrogen-bond donors (Lipinski definition) is 6. The molecule has 3 heterocycles. The van der Waals surface area contributed by atoms with Crippen LogP contribution >= 0.6 is 0 Å². The van der Waals surface area contributed by atoms with E-state index < -0.39 is 5.97 Å². The Morgan fingerprint density at radius 2 is 1.44 bits per heavy atom. The molecule has 1 aromatic heterocycles. The zero-order valence-corrected chi connectivity index (χ0v) is 19.1. The maximum absolute atomic E-state index is 11.8. The molecule has 4 atom stereocenters. The minimum absolute atomic E-state index is 0.0203. The zero-order chi connectivity index (χ0) is 24.4. The first kappa shape index (κ1) is 23.9. The normalized spacial score (nSPS) is 25.2. The molecule has 0 amide bonds. The molecular weight excluding hydrogens is 440 g/mol.